The Bertz CT molecular complexity index is 403. The minimum absolute atomic E-state index is 0.585. The number of ether oxygens (including phenoxy) is 2. The molecule has 1 saturated carbocycles. The molecule has 2 atom stereocenters. The van der Waals surface area contributed by atoms with E-state index < -0.39 is 0 Å². The number of hydrogen-bond donors (Lipinski definition) is 1. The van der Waals surface area contributed by atoms with Crippen molar-refractivity contribution >= 4 is 0 Å². The first-order valence-corrected chi connectivity index (χ1v) is 7.37. The van der Waals surface area contributed by atoms with E-state index >= 15 is 0 Å². The third-order valence-corrected chi connectivity index (χ3v) is 4.03. The summed E-state index contributed by atoms with van der Waals surface area (Å²) in [6.45, 7) is 4.06. The lowest BCUT2D eigenvalue weighted by Crippen LogP contribution is -2.26. The van der Waals surface area contributed by atoms with E-state index in [0.29, 0.717) is 18.3 Å². The van der Waals surface area contributed by atoms with Gasteiger partial charge < -0.3 is 14.8 Å². The molecule has 1 aromatic rings. The lowest BCUT2D eigenvalue weighted by Gasteiger charge is -2.27. The molecule has 1 N–H and O–H groups in total. The minimum Gasteiger partial charge on any atom is -0.481 e. The maximum Gasteiger partial charge on any atom is 0.224 e. The summed E-state index contributed by atoms with van der Waals surface area (Å²) < 4.78 is 10.6. The Labute approximate surface area is 121 Å². The summed E-state index contributed by atoms with van der Waals surface area (Å²) in [4.78, 5) is 8.26. The number of nitrogens with one attached hydrogen (secondary N) is 1. The Hall–Kier alpha value is -1.36. The maximum absolute atomic E-state index is 5.28. The van der Waals surface area contributed by atoms with Crippen LogP contribution in [0.5, 0.6) is 11.8 Å². The first-order valence-electron chi connectivity index (χ1n) is 7.37. The second-order valence-corrected chi connectivity index (χ2v) is 5.64. The van der Waals surface area contributed by atoms with E-state index in [2.05, 4.69) is 22.2 Å². The minimum atomic E-state index is 0.585. The average molecular weight is 279 g/mol. The van der Waals surface area contributed by atoms with Crippen molar-refractivity contribution < 1.29 is 9.47 Å². The van der Waals surface area contributed by atoms with E-state index in [-0.39, 0.29) is 0 Å². The molecule has 2 unspecified atom stereocenters. The molecule has 1 aliphatic carbocycles. The van der Waals surface area contributed by atoms with Crippen molar-refractivity contribution in [1.82, 2.24) is 15.3 Å². The fourth-order valence-corrected chi connectivity index (χ4v) is 3.03. The molecule has 20 heavy (non-hydrogen) atoms. The van der Waals surface area contributed by atoms with Gasteiger partial charge in [-0.1, -0.05) is 19.8 Å². The van der Waals surface area contributed by atoms with Gasteiger partial charge in [0, 0.05) is 6.54 Å². The zero-order valence-corrected chi connectivity index (χ0v) is 12.7. The van der Waals surface area contributed by atoms with Gasteiger partial charge in [0.25, 0.3) is 0 Å². The van der Waals surface area contributed by atoms with Gasteiger partial charge in [-0.15, -0.1) is 0 Å². The quantitative estimate of drug-likeness (QED) is 0.866. The summed E-state index contributed by atoms with van der Waals surface area (Å²) in [5.41, 5.74) is 0.890. The van der Waals surface area contributed by atoms with Crippen LogP contribution in [-0.4, -0.2) is 30.7 Å². The fraction of sp³-hybridized carbons (Fsp3) is 0.733. The molecule has 112 valence electrons. The normalized spacial score (nSPS) is 22.6. The molecule has 0 aliphatic heterocycles. The van der Waals surface area contributed by atoms with Crippen LogP contribution < -0.4 is 14.8 Å². The Morgan fingerprint density at radius 2 is 1.90 bits per heavy atom. The Kier molecular flexibility index (Phi) is 5.59. The van der Waals surface area contributed by atoms with Gasteiger partial charge in [-0.2, -0.15) is 0 Å². The highest BCUT2D eigenvalue weighted by atomic mass is 16.5. The van der Waals surface area contributed by atoms with Crippen molar-refractivity contribution in [2.24, 2.45) is 11.8 Å². The van der Waals surface area contributed by atoms with Crippen molar-refractivity contribution in [3.05, 3.63) is 11.9 Å². The first kappa shape index (κ1) is 15.0. The highest BCUT2D eigenvalue weighted by Crippen LogP contribution is 2.28. The second-order valence-electron chi connectivity index (χ2n) is 5.64. The third kappa shape index (κ3) is 3.82. The lowest BCUT2D eigenvalue weighted by atomic mass is 9.82. The number of hydrogen-bond acceptors (Lipinski definition) is 5. The van der Waals surface area contributed by atoms with Gasteiger partial charge in [0.2, 0.25) is 11.8 Å². The van der Waals surface area contributed by atoms with Crippen LogP contribution in [0.25, 0.3) is 0 Å². The summed E-state index contributed by atoms with van der Waals surface area (Å²) >= 11 is 0. The van der Waals surface area contributed by atoms with Gasteiger partial charge >= 0.3 is 0 Å². The zero-order chi connectivity index (χ0) is 14.4. The van der Waals surface area contributed by atoms with Crippen LogP contribution in [0.1, 0.15) is 38.2 Å². The smallest absolute Gasteiger partial charge is 0.224 e. The van der Waals surface area contributed by atoms with E-state index in [9.17, 15) is 0 Å². The molecule has 1 heterocycles. The van der Waals surface area contributed by atoms with Crippen molar-refractivity contribution in [1.29, 1.82) is 0 Å². The Balaban J connectivity index is 1.90. The first-order chi connectivity index (χ1) is 9.74. The molecule has 5 nitrogen and oxygen atoms in total. The standard InChI is InChI=1S/C15H25N3O2/c1-11-5-4-6-12(7-11)8-16-9-13-14(19-2)17-10-18-15(13)20-3/h10-12,16H,4-9H2,1-3H3. The monoisotopic (exact) mass is 279 g/mol. The molecule has 0 saturated heterocycles. The van der Waals surface area contributed by atoms with Crippen LogP contribution in [0, 0.1) is 11.8 Å². The van der Waals surface area contributed by atoms with Gasteiger partial charge in [0.05, 0.1) is 19.8 Å². The van der Waals surface area contributed by atoms with Gasteiger partial charge in [-0.25, -0.2) is 9.97 Å². The molecule has 2 rings (SSSR count). The van der Waals surface area contributed by atoms with Crippen molar-refractivity contribution in [2.45, 2.75) is 39.2 Å². The highest BCUT2D eigenvalue weighted by Gasteiger charge is 2.19. The van der Waals surface area contributed by atoms with Crippen molar-refractivity contribution in [3.8, 4) is 11.8 Å². The average Bonchev–Trinajstić information content (AvgIpc) is 2.47. The highest BCUT2D eigenvalue weighted by molar-refractivity contribution is 5.34. The number of nitrogens with zero attached hydrogens (tertiary/aromatic N) is 2. The number of aromatic nitrogens is 2. The van der Waals surface area contributed by atoms with E-state index in [1.165, 1.54) is 32.0 Å². The molecule has 1 aliphatic rings. The SMILES string of the molecule is COc1ncnc(OC)c1CNCC1CCCC(C)C1. The second kappa shape index (κ2) is 7.43. The Morgan fingerprint density at radius 3 is 2.50 bits per heavy atom. The van der Waals surface area contributed by atoms with Crippen LogP contribution in [0.15, 0.2) is 6.33 Å². The molecule has 0 aromatic carbocycles. The molecule has 0 amide bonds. The molecule has 1 fully saturated rings. The molecule has 0 radical (unpaired) electrons. The van der Waals surface area contributed by atoms with E-state index in [1.54, 1.807) is 14.2 Å². The fourth-order valence-electron chi connectivity index (χ4n) is 3.03. The Morgan fingerprint density at radius 1 is 1.20 bits per heavy atom. The number of rotatable bonds is 6. The molecular weight excluding hydrogens is 254 g/mol. The molecule has 0 bridgehead atoms. The number of methoxy groups -OCH3 is 2. The summed E-state index contributed by atoms with van der Waals surface area (Å²) in [6, 6.07) is 0. The van der Waals surface area contributed by atoms with Gasteiger partial charge in [0.1, 0.15) is 6.33 Å². The maximum atomic E-state index is 5.28. The zero-order valence-electron chi connectivity index (χ0n) is 12.7. The van der Waals surface area contributed by atoms with Gasteiger partial charge in [0.15, 0.2) is 0 Å². The topological polar surface area (TPSA) is 56.3 Å². The summed E-state index contributed by atoms with van der Waals surface area (Å²) in [5, 5.41) is 3.50. The van der Waals surface area contributed by atoms with E-state index in [0.717, 1.165) is 23.9 Å². The van der Waals surface area contributed by atoms with E-state index in [1.807, 2.05) is 0 Å². The summed E-state index contributed by atoms with van der Waals surface area (Å²) in [7, 11) is 3.24. The summed E-state index contributed by atoms with van der Waals surface area (Å²) in [5.74, 6) is 2.81. The largest absolute Gasteiger partial charge is 0.481 e. The molecular formula is C15H25N3O2. The van der Waals surface area contributed by atoms with Crippen LogP contribution >= 0.6 is 0 Å². The van der Waals surface area contributed by atoms with Gasteiger partial charge in [-0.3, -0.25) is 0 Å². The van der Waals surface area contributed by atoms with Crippen molar-refractivity contribution in [3.63, 3.8) is 0 Å². The predicted octanol–water partition coefficient (Wildman–Crippen LogP) is 2.41. The molecule has 1 aromatic heterocycles. The van der Waals surface area contributed by atoms with Crippen LogP contribution in [0.3, 0.4) is 0 Å². The molecule has 0 spiro atoms. The van der Waals surface area contributed by atoms with Crippen LogP contribution in [0.4, 0.5) is 0 Å². The summed E-state index contributed by atoms with van der Waals surface area (Å²) in [6.07, 6.45) is 6.85. The van der Waals surface area contributed by atoms with Crippen LogP contribution in [-0.2, 0) is 6.54 Å². The lowest BCUT2D eigenvalue weighted by molar-refractivity contribution is 0.272. The van der Waals surface area contributed by atoms with E-state index in [4.69, 9.17) is 9.47 Å². The predicted molar refractivity (Wildman–Crippen MR) is 78.0 cm³/mol. The third-order valence-electron chi connectivity index (χ3n) is 4.03. The van der Waals surface area contributed by atoms with Crippen molar-refractivity contribution in [2.75, 3.05) is 20.8 Å². The molecule has 5 heteroatoms. The van der Waals surface area contributed by atoms with Gasteiger partial charge in [-0.05, 0) is 31.2 Å². The van der Waals surface area contributed by atoms with Crippen LogP contribution in [0.2, 0.25) is 0 Å².